The molecule has 1 aromatic heterocycles. The fourth-order valence-electron chi connectivity index (χ4n) is 6.44. The van der Waals surface area contributed by atoms with Crippen molar-refractivity contribution in [2.75, 3.05) is 14.2 Å². The maximum Gasteiger partial charge on any atom is 0.275 e. The lowest BCUT2D eigenvalue weighted by Crippen LogP contribution is -2.32. The average molecular weight is 580 g/mol. The zero-order chi connectivity index (χ0) is 30.0. The van der Waals surface area contributed by atoms with E-state index >= 15 is 0 Å². The second kappa shape index (κ2) is 11.8. The Hall–Kier alpha value is -5.23. The lowest BCUT2D eigenvalue weighted by atomic mass is 9.77. The molecule has 1 fully saturated rings. The van der Waals surface area contributed by atoms with E-state index in [-0.39, 0.29) is 17.9 Å². The Morgan fingerprint density at radius 3 is 2.25 bits per heavy atom. The van der Waals surface area contributed by atoms with Gasteiger partial charge >= 0.3 is 0 Å². The summed E-state index contributed by atoms with van der Waals surface area (Å²) in [5.74, 6) is 1.55. The minimum atomic E-state index is -0.241. The summed E-state index contributed by atoms with van der Waals surface area (Å²) in [6.45, 7) is 0. The van der Waals surface area contributed by atoms with Gasteiger partial charge in [0.05, 0.1) is 42.7 Å². The molecule has 4 aromatic carbocycles. The van der Waals surface area contributed by atoms with Crippen LogP contribution >= 0.6 is 0 Å². The fourth-order valence-corrected chi connectivity index (χ4v) is 6.44. The Morgan fingerprint density at radius 2 is 1.52 bits per heavy atom. The third-order valence-electron chi connectivity index (χ3n) is 8.64. The molecule has 2 heterocycles. The number of pyridine rings is 1. The molecule has 5 aromatic rings. The van der Waals surface area contributed by atoms with Crippen LogP contribution in [0.15, 0.2) is 120 Å². The van der Waals surface area contributed by atoms with Gasteiger partial charge in [0.1, 0.15) is 11.5 Å². The maximum atomic E-state index is 14.8. The predicted octanol–water partition coefficient (Wildman–Crippen LogP) is 8.36. The van der Waals surface area contributed by atoms with Gasteiger partial charge in [0, 0.05) is 16.9 Å². The highest BCUT2D eigenvalue weighted by molar-refractivity contribution is 6.12. The second-order valence-corrected chi connectivity index (χ2v) is 11.2. The normalized spacial score (nSPS) is 18.6. The number of methoxy groups -OCH3 is 2. The predicted molar refractivity (Wildman–Crippen MR) is 175 cm³/mol. The molecule has 6 nitrogen and oxygen atoms in total. The van der Waals surface area contributed by atoms with Crippen molar-refractivity contribution in [2.24, 2.45) is 11.0 Å². The van der Waals surface area contributed by atoms with Crippen LogP contribution in [0.2, 0.25) is 0 Å². The van der Waals surface area contributed by atoms with Gasteiger partial charge in [-0.2, -0.15) is 5.10 Å². The molecule has 1 aliphatic heterocycles. The van der Waals surface area contributed by atoms with Crippen LogP contribution in [0.4, 0.5) is 0 Å². The summed E-state index contributed by atoms with van der Waals surface area (Å²) in [5, 5.41) is 7.71. The molecular weight excluding hydrogens is 546 g/mol. The van der Waals surface area contributed by atoms with Crippen molar-refractivity contribution in [3.63, 3.8) is 0 Å². The van der Waals surface area contributed by atoms with Crippen LogP contribution in [-0.4, -0.2) is 35.8 Å². The van der Waals surface area contributed by atoms with Crippen molar-refractivity contribution in [3.8, 4) is 22.8 Å². The van der Waals surface area contributed by atoms with Gasteiger partial charge in [-0.05, 0) is 78.4 Å². The van der Waals surface area contributed by atoms with Crippen LogP contribution in [0.1, 0.15) is 46.8 Å². The van der Waals surface area contributed by atoms with Gasteiger partial charge in [-0.15, -0.1) is 0 Å². The van der Waals surface area contributed by atoms with E-state index < -0.39 is 0 Å². The quantitative estimate of drug-likeness (QED) is 0.203. The van der Waals surface area contributed by atoms with Crippen molar-refractivity contribution in [3.05, 3.63) is 131 Å². The summed E-state index contributed by atoms with van der Waals surface area (Å²) in [6, 6.07) is 35.6. The van der Waals surface area contributed by atoms with Gasteiger partial charge in [0.2, 0.25) is 0 Å². The van der Waals surface area contributed by atoms with Crippen molar-refractivity contribution in [2.45, 2.75) is 25.3 Å². The maximum absolute atomic E-state index is 14.8. The van der Waals surface area contributed by atoms with E-state index in [1.165, 1.54) is 5.57 Å². The monoisotopic (exact) mass is 579 g/mol. The third kappa shape index (κ3) is 5.13. The molecule has 218 valence electrons. The van der Waals surface area contributed by atoms with Gasteiger partial charge < -0.3 is 9.47 Å². The Balaban J connectivity index is 1.36. The van der Waals surface area contributed by atoms with Gasteiger partial charge in [0.15, 0.2) is 0 Å². The Labute approximate surface area is 257 Å². The number of hydrogen-bond acceptors (Lipinski definition) is 5. The SMILES string of the molecule is COc1ccc(/C=C2\CCC[C@H]3C2=NN(C(=O)c2cc(-c4ccccc4)nc4ccccc24)[C@@H]3c2ccc(OC)cc2)cc1. The molecule has 0 spiro atoms. The van der Waals surface area contributed by atoms with Crippen molar-refractivity contribution in [1.82, 2.24) is 9.99 Å². The topological polar surface area (TPSA) is 64.0 Å². The molecule has 7 rings (SSSR count). The number of para-hydroxylation sites is 1. The summed E-state index contributed by atoms with van der Waals surface area (Å²) in [6.07, 6.45) is 5.09. The van der Waals surface area contributed by atoms with Gasteiger partial charge in [-0.1, -0.05) is 72.8 Å². The largest absolute Gasteiger partial charge is 0.497 e. The zero-order valence-corrected chi connectivity index (χ0v) is 24.8. The summed E-state index contributed by atoms with van der Waals surface area (Å²) < 4.78 is 10.8. The minimum absolute atomic E-state index is 0.0762. The summed E-state index contributed by atoms with van der Waals surface area (Å²) in [5.41, 5.74) is 7.38. The Morgan fingerprint density at radius 1 is 0.841 bits per heavy atom. The summed E-state index contributed by atoms with van der Waals surface area (Å²) in [4.78, 5) is 19.7. The van der Waals surface area contributed by atoms with E-state index in [1.54, 1.807) is 19.2 Å². The van der Waals surface area contributed by atoms with Crippen LogP contribution < -0.4 is 9.47 Å². The van der Waals surface area contributed by atoms with Crippen LogP contribution in [0.25, 0.3) is 28.2 Å². The molecule has 6 heteroatoms. The first kappa shape index (κ1) is 27.6. The number of hydrazone groups is 1. The molecule has 2 aliphatic rings. The van der Waals surface area contributed by atoms with E-state index in [9.17, 15) is 4.79 Å². The van der Waals surface area contributed by atoms with Crippen molar-refractivity contribution < 1.29 is 14.3 Å². The van der Waals surface area contributed by atoms with E-state index in [1.807, 2.05) is 84.9 Å². The number of hydrogen-bond donors (Lipinski definition) is 0. The molecular formula is C38H33N3O3. The van der Waals surface area contributed by atoms with Crippen LogP contribution in [-0.2, 0) is 0 Å². The number of aromatic nitrogens is 1. The number of nitrogens with zero attached hydrogens (tertiary/aromatic N) is 3. The number of carbonyl (C=O) groups excluding carboxylic acids is 1. The van der Waals surface area contributed by atoms with Crippen LogP contribution in [0.5, 0.6) is 11.5 Å². The van der Waals surface area contributed by atoms with Crippen molar-refractivity contribution in [1.29, 1.82) is 0 Å². The first-order chi connectivity index (χ1) is 21.6. The Kier molecular flexibility index (Phi) is 7.40. The van der Waals surface area contributed by atoms with E-state index in [4.69, 9.17) is 19.6 Å². The molecule has 44 heavy (non-hydrogen) atoms. The number of benzene rings is 4. The highest BCUT2D eigenvalue weighted by Crippen LogP contribution is 2.45. The molecule has 1 amide bonds. The number of carbonyl (C=O) groups is 1. The van der Waals surface area contributed by atoms with E-state index in [0.29, 0.717) is 5.56 Å². The summed E-state index contributed by atoms with van der Waals surface area (Å²) in [7, 11) is 3.34. The van der Waals surface area contributed by atoms with Gasteiger partial charge in [-0.3, -0.25) is 4.79 Å². The third-order valence-corrected chi connectivity index (χ3v) is 8.64. The smallest absolute Gasteiger partial charge is 0.275 e. The second-order valence-electron chi connectivity index (χ2n) is 11.2. The molecule has 0 bridgehead atoms. The molecule has 0 N–H and O–H groups in total. The lowest BCUT2D eigenvalue weighted by molar-refractivity contribution is 0.0683. The first-order valence-corrected chi connectivity index (χ1v) is 15.0. The average Bonchev–Trinajstić information content (AvgIpc) is 3.49. The summed E-state index contributed by atoms with van der Waals surface area (Å²) >= 11 is 0. The van der Waals surface area contributed by atoms with Gasteiger partial charge in [0.25, 0.3) is 5.91 Å². The van der Waals surface area contributed by atoms with Crippen molar-refractivity contribution >= 4 is 28.6 Å². The molecule has 0 unspecified atom stereocenters. The number of fused-ring (bicyclic) bond motifs is 2. The van der Waals surface area contributed by atoms with Crippen LogP contribution in [0, 0.1) is 5.92 Å². The molecule has 2 atom stereocenters. The fraction of sp³-hybridized carbons (Fsp3) is 0.184. The number of ether oxygens (including phenoxy) is 2. The molecule has 1 saturated carbocycles. The highest BCUT2D eigenvalue weighted by Gasteiger charge is 2.44. The first-order valence-electron chi connectivity index (χ1n) is 15.0. The minimum Gasteiger partial charge on any atom is -0.497 e. The standard InChI is InChI=1S/C38H33N3O3/c1-43-29-19-15-25(16-20-29)23-28-11-8-13-32-36(28)40-41(37(32)27-17-21-30(44-2)22-18-27)38(42)33-24-35(26-9-4-3-5-10-26)39-34-14-7-6-12-31(33)34/h3-7,9-10,12,14-24,32,37H,8,11,13H2,1-2H3/b28-23+/t32-,37+/m0/s1. The molecule has 1 aliphatic carbocycles. The lowest BCUT2D eigenvalue weighted by Gasteiger charge is -2.30. The van der Waals surface area contributed by atoms with Gasteiger partial charge in [-0.25, -0.2) is 9.99 Å². The number of amides is 1. The Bertz CT molecular complexity index is 1880. The number of allylic oxidation sites excluding steroid dienone is 1. The van der Waals surface area contributed by atoms with E-state index in [2.05, 4.69) is 30.3 Å². The molecule has 0 radical (unpaired) electrons. The zero-order valence-electron chi connectivity index (χ0n) is 24.8. The number of rotatable bonds is 6. The molecule has 0 saturated heterocycles. The van der Waals surface area contributed by atoms with E-state index in [0.717, 1.165) is 69.8 Å². The van der Waals surface area contributed by atoms with Crippen LogP contribution in [0.3, 0.4) is 0 Å². The highest BCUT2D eigenvalue weighted by atomic mass is 16.5.